The minimum absolute atomic E-state index is 0.106. The fraction of sp³-hybridized carbons (Fsp3) is 0.280. The summed E-state index contributed by atoms with van der Waals surface area (Å²) in [6.07, 6.45) is 3.46. The van der Waals surface area contributed by atoms with Crippen LogP contribution in [0.1, 0.15) is 52.9 Å². The van der Waals surface area contributed by atoms with Gasteiger partial charge in [-0.1, -0.05) is 32.0 Å². The number of aryl methyl sites for hydroxylation is 1. The summed E-state index contributed by atoms with van der Waals surface area (Å²) >= 11 is 0. The number of carbonyl (C=O) groups excluding carboxylic acids is 2. The summed E-state index contributed by atoms with van der Waals surface area (Å²) < 4.78 is 15.6. The number of halogens is 1. The maximum Gasteiger partial charge on any atom is 0.254 e. The molecule has 1 aromatic heterocycles. The van der Waals surface area contributed by atoms with E-state index in [1.54, 1.807) is 53.3 Å². The number of hydrogen-bond donors (Lipinski definition) is 1. The molecule has 1 aliphatic rings. The summed E-state index contributed by atoms with van der Waals surface area (Å²) in [7, 11) is 1.78. The zero-order chi connectivity index (χ0) is 23.7. The lowest BCUT2D eigenvalue weighted by Crippen LogP contribution is -2.47. The second-order valence-corrected chi connectivity index (χ2v) is 8.64. The van der Waals surface area contributed by atoms with Gasteiger partial charge >= 0.3 is 0 Å². The quantitative estimate of drug-likeness (QED) is 0.643. The molecule has 0 saturated carbocycles. The van der Waals surface area contributed by atoms with Crippen molar-refractivity contribution in [3.05, 3.63) is 82.9 Å². The fourth-order valence-electron chi connectivity index (χ4n) is 4.38. The first kappa shape index (κ1) is 22.2. The molecule has 3 aromatic rings. The molecule has 7 nitrogen and oxygen atoms in total. The molecule has 0 fully saturated rings. The third-order valence-corrected chi connectivity index (χ3v) is 5.64. The Kier molecular flexibility index (Phi) is 5.97. The Morgan fingerprint density at radius 3 is 2.70 bits per heavy atom. The number of carbonyl (C=O) groups is 2. The largest absolute Gasteiger partial charge is 0.330 e. The minimum Gasteiger partial charge on any atom is -0.330 e. The second-order valence-electron chi connectivity index (χ2n) is 8.64. The summed E-state index contributed by atoms with van der Waals surface area (Å²) in [5, 5.41) is 16.2. The lowest BCUT2D eigenvalue weighted by Gasteiger charge is -2.42. The summed E-state index contributed by atoms with van der Waals surface area (Å²) in [4.78, 5) is 28.9. The first-order valence-electron chi connectivity index (χ1n) is 10.7. The van der Waals surface area contributed by atoms with Crippen LogP contribution in [-0.2, 0) is 11.8 Å². The van der Waals surface area contributed by atoms with Gasteiger partial charge in [-0.3, -0.25) is 14.3 Å². The van der Waals surface area contributed by atoms with E-state index in [9.17, 15) is 14.0 Å². The van der Waals surface area contributed by atoms with E-state index in [0.29, 0.717) is 17.7 Å². The van der Waals surface area contributed by atoms with Crippen LogP contribution in [0, 0.1) is 23.1 Å². The van der Waals surface area contributed by atoms with Gasteiger partial charge in [-0.2, -0.15) is 10.4 Å². The van der Waals surface area contributed by atoms with Crippen molar-refractivity contribution in [2.24, 2.45) is 13.0 Å². The zero-order valence-electron chi connectivity index (χ0n) is 18.6. The van der Waals surface area contributed by atoms with E-state index < -0.39 is 23.7 Å². The highest BCUT2D eigenvalue weighted by molar-refractivity contribution is 6.04. The molecule has 0 spiro atoms. The molecule has 2 aromatic carbocycles. The van der Waals surface area contributed by atoms with Crippen LogP contribution in [0.4, 0.5) is 10.1 Å². The Labute approximate surface area is 191 Å². The van der Waals surface area contributed by atoms with Gasteiger partial charge in [0.25, 0.3) is 5.91 Å². The number of benzene rings is 2. The van der Waals surface area contributed by atoms with Gasteiger partial charge in [-0.25, -0.2) is 4.39 Å². The van der Waals surface area contributed by atoms with Crippen molar-refractivity contribution in [1.82, 2.24) is 14.7 Å². The summed E-state index contributed by atoms with van der Waals surface area (Å²) in [6.45, 7) is 4.48. The van der Waals surface area contributed by atoms with E-state index in [2.05, 4.69) is 10.4 Å². The lowest BCUT2D eigenvalue weighted by molar-refractivity contribution is -0.119. The van der Waals surface area contributed by atoms with Crippen molar-refractivity contribution in [1.29, 1.82) is 5.26 Å². The molecule has 8 heteroatoms. The number of amides is 2. The summed E-state index contributed by atoms with van der Waals surface area (Å²) in [5.74, 6) is -1.74. The molecule has 2 amide bonds. The van der Waals surface area contributed by atoms with Crippen molar-refractivity contribution >= 4 is 17.5 Å². The Morgan fingerprint density at radius 1 is 1.27 bits per heavy atom. The van der Waals surface area contributed by atoms with Crippen LogP contribution < -0.4 is 5.32 Å². The number of nitriles is 1. The first-order valence-corrected chi connectivity index (χ1v) is 10.7. The zero-order valence-corrected chi connectivity index (χ0v) is 18.6. The molecule has 33 heavy (non-hydrogen) atoms. The van der Waals surface area contributed by atoms with Gasteiger partial charge in [0, 0.05) is 36.6 Å². The maximum absolute atomic E-state index is 14.0. The molecule has 168 valence electrons. The predicted octanol–water partition coefficient (Wildman–Crippen LogP) is 4.01. The van der Waals surface area contributed by atoms with E-state index in [4.69, 9.17) is 5.26 Å². The molecule has 2 heterocycles. The number of fused-ring (bicyclic) bond motifs is 1. The van der Waals surface area contributed by atoms with Gasteiger partial charge in [-0.15, -0.1) is 0 Å². The van der Waals surface area contributed by atoms with Crippen molar-refractivity contribution in [2.45, 2.75) is 25.8 Å². The molecule has 1 N–H and O–H groups in total. The second kappa shape index (κ2) is 8.87. The van der Waals surface area contributed by atoms with Crippen LogP contribution >= 0.6 is 0 Å². The summed E-state index contributed by atoms with van der Waals surface area (Å²) in [5.41, 5.74) is 2.10. The molecule has 1 aliphatic heterocycles. The molecular weight excluding hydrogens is 421 g/mol. The summed E-state index contributed by atoms with van der Waals surface area (Å²) in [6, 6.07) is 12.1. The monoisotopic (exact) mass is 445 g/mol. The number of hydrogen-bond acceptors (Lipinski definition) is 4. The van der Waals surface area contributed by atoms with Crippen LogP contribution in [-0.4, -0.2) is 33.0 Å². The number of rotatable bonds is 5. The Hall–Kier alpha value is -3.99. The highest BCUT2D eigenvalue weighted by Crippen LogP contribution is 2.43. The number of aromatic nitrogens is 2. The van der Waals surface area contributed by atoms with E-state index in [-0.39, 0.29) is 23.1 Å². The third-order valence-electron chi connectivity index (χ3n) is 5.64. The lowest BCUT2D eigenvalue weighted by atomic mass is 9.79. The van der Waals surface area contributed by atoms with Crippen LogP contribution in [0.25, 0.3) is 0 Å². The van der Waals surface area contributed by atoms with Gasteiger partial charge in [0.2, 0.25) is 5.91 Å². The molecule has 2 atom stereocenters. The van der Waals surface area contributed by atoms with Gasteiger partial charge in [0.15, 0.2) is 0 Å². The predicted molar refractivity (Wildman–Crippen MR) is 121 cm³/mol. The molecule has 2 unspecified atom stereocenters. The molecule has 0 bridgehead atoms. The molecular formula is C25H24FN5O2. The van der Waals surface area contributed by atoms with Gasteiger partial charge in [0.1, 0.15) is 5.82 Å². The standard InChI is InChI=1S/C25H24FN5O2/c1-15(2)13-31-23(17-12-28-30(3)14-17)22(20-6-4-5-7-21(20)25(31)33)24(32)29-19-9-16(11-27)8-18(26)10-19/h4-10,12,14-15,22-23H,13H2,1-3H3,(H,29,32). The van der Waals surface area contributed by atoms with Crippen LogP contribution in [0.3, 0.4) is 0 Å². The smallest absolute Gasteiger partial charge is 0.254 e. The number of nitrogens with one attached hydrogen (secondary N) is 1. The molecule has 0 aliphatic carbocycles. The van der Waals surface area contributed by atoms with Crippen molar-refractivity contribution in [2.75, 3.05) is 11.9 Å². The number of nitrogens with zero attached hydrogens (tertiary/aromatic N) is 4. The Morgan fingerprint density at radius 2 is 2.03 bits per heavy atom. The average molecular weight is 445 g/mol. The highest BCUT2D eigenvalue weighted by Gasteiger charge is 2.44. The molecule has 0 radical (unpaired) electrons. The first-order chi connectivity index (χ1) is 15.8. The van der Waals surface area contributed by atoms with E-state index >= 15 is 0 Å². The normalized spacial score (nSPS) is 17.6. The maximum atomic E-state index is 14.0. The Bertz CT molecular complexity index is 1260. The van der Waals surface area contributed by atoms with Gasteiger partial charge < -0.3 is 10.2 Å². The van der Waals surface area contributed by atoms with Gasteiger partial charge in [-0.05, 0) is 35.7 Å². The van der Waals surface area contributed by atoms with Gasteiger partial charge in [0.05, 0.1) is 29.8 Å². The SMILES string of the molecule is CC(C)CN1C(=O)c2ccccc2C(C(=O)Nc2cc(F)cc(C#N)c2)C1c1cnn(C)c1. The van der Waals surface area contributed by atoms with Crippen LogP contribution in [0.2, 0.25) is 0 Å². The van der Waals surface area contributed by atoms with Crippen molar-refractivity contribution in [3.8, 4) is 6.07 Å². The Balaban J connectivity index is 1.83. The topological polar surface area (TPSA) is 91.0 Å². The van der Waals surface area contributed by atoms with Crippen LogP contribution in [0.5, 0.6) is 0 Å². The van der Waals surface area contributed by atoms with E-state index in [1.807, 2.05) is 19.9 Å². The van der Waals surface area contributed by atoms with Crippen LogP contribution in [0.15, 0.2) is 54.9 Å². The van der Waals surface area contributed by atoms with Crippen molar-refractivity contribution in [3.63, 3.8) is 0 Å². The van der Waals surface area contributed by atoms with E-state index in [0.717, 1.165) is 11.6 Å². The van der Waals surface area contributed by atoms with E-state index in [1.165, 1.54) is 12.1 Å². The third kappa shape index (κ3) is 4.35. The minimum atomic E-state index is -0.754. The van der Waals surface area contributed by atoms with Crippen molar-refractivity contribution < 1.29 is 14.0 Å². The average Bonchev–Trinajstić information content (AvgIpc) is 3.20. The fourth-order valence-corrected chi connectivity index (χ4v) is 4.38. The molecule has 0 saturated heterocycles. The number of anilines is 1. The highest BCUT2D eigenvalue weighted by atomic mass is 19.1. The molecule has 4 rings (SSSR count).